The second kappa shape index (κ2) is 12.7. The molecule has 3 amide bonds. The van der Waals surface area contributed by atoms with Crippen LogP contribution in [0.1, 0.15) is 70.8 Å². The molecule has 8 heteroatoms. The van der Waals surface area contributed by atoms with E-state index in [1.54, 1.807) is 16.7 Å². The summed E-state index contributed by atoms with van der Waals surface area (Å²) in [6.45, 7) is 6.04. The topological polar surface area (TPSA) is 98.7 Å². The first-order chi connectivity index (χ1) is 18.0. The number of hydrogen-bond acceptors (Lipinski definition) is 5. The number of thioether (sulfide) groups is 1. The Kier molecular flexibility index (Phi) is 9.57. The fraction of sp³-hybridized carbons (Fsp3) is 0.690. The van der Waals surface area contributed by atoms with E-state index >= 15 is 0 Å². The molecule has 0 radical (unpaired) electrons. The number of aliphatic hydroxyl groups excluding tert-OH is 1. The predicted octanol–water partition coefficient (Wildman–Crippen LogP) is 3.50. The van der Waals surface area contributed by atoms with Crippen molar-refractivity contribution < 1.29 is 19.5 Å². The molecule has 0 aromatic heterocycles. The van der Waals surface area contributed by atoms with Gasteiger partial charge in [0.2, 0.25) is 17.7 Å². The van der Waals surface area contributed by atoms with Crippen molar-refractivity contribution in [3.05, 3.63) is 35.9 Å². The van der Waals surface area contributed by atoms with Crippen LogP contribution in [0.15, 0.2) is 30.3 Å². The first kappa shape index (κ1) is 28.0. The molecule has 3 N–H and O–H groups in total. The molecule has 1 aromatic carbocycles. The Hall–Kier alpha value is -2.06. The molecule has 3 unspecified atom stereocenters. The van der Waals surface area contributed by atoms with Gasteiger partial charge in [-0.1, -0.05) is 69.9 Å². The van der Waals surface area contributed by atoms with Crippen molar-refractivity contribution in [3.63, 3.8) is 0 Å². The van der Waals surface area contributed by atoms with Gasteiger partial charge < -0.3 is 20.6 Å². The summed E-state index contributed by atoms with van der Waals surface area (Å²) in [5.74, 6) is -0.858. The Labute approximate surface area is 225 Å². The highest BCUT2D eigenvalue weighted by Crippen LogP contribution is 2.68. The minimum Gasteiger partial charge on any atom is -0.396 e. The molecule has 3 saturated heterocycles. The van der Waals surface area contributed by atoms with Gasteiger partial charge >= 0.3 is 0 Å². The molecule has 6 atom stereocenters. The third-order valence-corrected chi connectivity index (χ3v) is 10.6. The third-order valence-electron chi connectivity index (χ3n) is 8.49. The first-order valence-corrected chi connectivity index (χ1v) is 15.0. The van der Waals surface area contributed by atoms with Crippen LogP contribution in [0.3, 0.4) is 0 Å². The van der Waals surface area contributed by atoms with Crippen molar-refractivity contribution in [1.82, 2.24) is 15.5 Å². The maximum absolute atomic E-state index is 14.0. The maximum Gasteiger partial charge on any atom is 0.244 e. The largest absolute Gasteiger partial charge is 0.396 e. The van der Waals surface area contributed by atoms with Crippen molar-refractivity contribution in [3.8, 4) is 0 Å². The zero-order valence-corrected chi connectivity index (χ0v) is 23.1. The maximum atomic E-state index is 14.0. The second-order valence-electron chi connectivity index (χ2n) is 10.9. The van der Waals surface area contributed by atoms with E-state index in [1.807, 2.05) is 30.3 Å². The number of amides is 3. The number of aliphatic hydroxyl groups is 1. The van der Waals surface area contributed by atoms with Crippen LogP contribution in [0.5, 0.6) is 0 Å². The lowest BCUT2D eigenvalue weighted by molar-refractivity contribution is -0.140. The lowest BCUT2D eigenvalue weighted by Crippen LogP contribution is -2.56. The summed E-state index contributed by atoms with van der Waals surface area (Å²) in [5, 5.41) is 15.4. The van der Waals surface area contributed by atoms with E-state index in [9.17, 15) is 14.4 Å². The van der Waals surface area contributed by atoms with Crippen LogP contribution < -0.4 is 10.6 Å². The zero-order chi connectivity index (χ0) is 26.4. The Morgan fingerprint density at radius 2 is 1.81 bits per heavy atom. The van der Waals surface area contributed by atoms with Crippen molar-refractivity contribution in [2.24, 2.45) is 17.8 Å². The monoisotopic (exact) mass is 529 g/mol. The number of unbranched alkanes of at least 4 members (excludes halogenated alkanes) is 5. The molecular weight excluding hydrogens is 486 g/mol. The van der Waals surface area contributed by atoms with E-state index < -0.39 is 22.6 Å². The number of carbonyl (C=O) groups is 3. The summed E-state index contributed by atoms with van der Waals surface area (Å²) in [5.41, 5.74) is 1.03. The summed E-state index contributed by atoms with van der Waals surface area (Å²) in [6, 6.07) is 9.28. The van der Waals surface area contributed by atoms with Gasteiger partial charge in [-0.3, -0.25) is 14.4 Å². The van der Waals surface area contributed by atoms with Gasteiger partial charge in [0.15, 0.2) is 0 Å². The van der Waals surface area contributed by atoms with Crippen molar-refractivity contribution in [1.29, 1.82) is 0 Å². The number of nitrogens with zero attached hydrogens (tertiary/aromatic N) is 1. The van der Waals surface area contributed by atoms with Gasteiger partial charge in [0, 0.05) is 31.5 Å². The molecule has 3 aliphatic rings. The number of rotatable bonds is 14. The SMILES string of the molecule is CCCCCNC(=O)C1N(CCCCCCO)C(=O)[C@@H]2[C@H](C(=O)NCc3ccccc3)[C@@H]3CC(C)C12S3. The summed E-state index contributed by atoms with van der Waals surface area (Å²) < 4.78 is -0.559. The molecule has 1 spiro atoms. The van der Waals surface area contributed by atoms with Gasteiger partial charge in [-0.05, 0) is 37.2 Å². The smallest absolute Gasteiger partial charge is 0.244 e. The van der Waals surface area contributed by atoms with E-state index in [2.05, 4.69) is 24.5 Å². The summed E-state index contributed by atoms with van der Waals surface area (Å²) in [6.07, 6.45) is 7.26. The molecule has 4 rings (SSSR count). The first-order valence-electron chi connectivity index (χ1n) is 14.1. The highest BCUT2D eigenvalue weighted by Gasteiger charge is 2.75. The van der Waals surface area contributed by atoms with Crippen LogP contribution in [-0.2, 0) is 20.9 Å². The number of benzene rings is 1. The van der Waals surface area contributed by atoms with Gasteiger partial charge in [0.05, 0.1) is 16.6 Å². The van der Waals surface area contributed by atoms with Gasteiger partial charge in [0.1, 0.15) is 6.04 Å². The highest BCUT2D eigenvalue weighted by atomic mass is 32.2. The molecule has 1 aromatic rings. The van der Waals surface area contributed by atoms with Gasteiger partial charge in [0.25, 0.3) is 0 Å². The normalized spacial score (nSPS) is 30.0. The van der Waals surface area contributed by atoms with E-state index in [0.717, 1.165) is 56.9 Å². The summed E-state index contributed by atoms with van der Waals surface area (Å²) >= 11 is 1.73. The number of carbonyl (C=O) groups excluding carboxylic acids is 3. The molecule has 0 saturated carbocycles. The number of fused-ring (bicyclic) bond motifs is 1. The predicted molar refractivity (Wildman–Crippen MR) is 147 cm³/mol. The Morgan fingerprint density at radius 3 is 2.54 bits per heavy atom. The molecule has 0 aliphatic carbocycles. The molecule has 204 valence electrons. The van der Waals surface area contributed by atoms with Crippen LogP contribution in [0.2, 0.25) is 0 Å². The average molecular weight is 530 g/mol. The minimum atomic E-state index is -0.559. The van der Waals surface area contributed by atoms with Gasteiger partial charge in [-0.15, -0.1) is 11.8 Å². The molecule has 3 aliphatic heterocycles. The van der Waals surface area contributed by atoms with Crippen LogP contribution in [0.4, 0.5) is 0 Å². The minimum absolute atomic E-state index is 0.0303. The van der Waals surface area contributed by atoms with Crippen LogP contribution in [-0.4, -0.2) is 63.5 Å². The van der Waals surface area contributed by atoms with Crippen molar-refractivity contribution in [2.75, 3.05) is 19.7 Å². The highest BCUT2D eigenvalue weighted by molar-refractivity contribution is 8.02. The zero-order valence-electron chi connectivity index (χ0n) is 22.3. The van der Waals surface area contributed by atoms with E-state index in [4.69, 9.17) is 5.11 Å². The van der Waals surface area contributed by atoms with E-state index in [1.165, 1.54) is 0 Å². The third kappa shape index (κ3) is 5.56. The van der Waals surface area contributed by atoms with Crippen LogP contribution >= 0.6 is 11.8 Å². The molecule has 37 heavy (non-hydrogen) atoms. The molecule has 3 fully saturated rings. The fourth-order valence-corrected chi connectivity index (χ4v) is 9.12. The van der Waals surface area contributed by atoms with Gasteiger partial charge in [-0.25, -0.2) is 0 Å². The van der Waals surface area contributed by atoms with Gasteiger partial charge in [-0.2, -0.15) is 0 Å². The molecule has 2 bridgehead atoms. The average Bonchev–Trinajstić information content (AvgIpc) is 3.49. The lowest BCUT2D eigenvalue weighted by atomic mass is 9.66. The lowest BCUT2D eigenvalue weighted by Gasteiger charge is -2.38. The molecule has 3 heterocycles. The molecule has 7 nitrogen and oxygen atoms in total. The number of nitrogens with one attached hydrogen (secondary N) is 2. The second-order valence-corrected chi connectivity index (χ2v) is 12.5. The Bertz CT molecular complexity index is 944. The Balaban J connectivity index is 1.54. The number of likely N-dealkylation sites (tertiary alicyclic amines) is 1. The van der Waals surface area contributed by atoms with Crippen molar-refractivity contribution >= 4 is 29.5 Å². The summed E-state index contributed by atoms with van der Waals surface area (Å²) in [7, 11) is 0. The standard InChI is InChI=1S/C29H43N3O4S/c1-3-4-10-15-30-27(35)25-29-20(2)18-22(37-29)23(26(34)31-19-21-13-8-7-9-14-21)24(29)28(36)32(25)16-11-5-6-12-17-33/h7-9,13-14,20,22-25,33H,3-6,10-12,15-19H2,1-2H3,(H,30,35)(H,31,34)/t20?,22-,23+,24-,25?,29?/m0/s1. The Morgan fingerprint density at radius 1 is 1.05 bits per heavy atom. The summed E-state index contributed by atoms with van der Waals surface area (Å²) in [4.78, 5) is 43.1. The fourth-order valence-electron chi connectivity index (χ4n) is 6.69. The van der Waals surface area contributed by atoms with Crippen LogP contribution in [0, 0.1) is 17.8 Å². The quantitative estimate of drug-likeness (QED) is 0.321. The van der Waals surface area contributed by atoms with E-state index in [0.29, 0.717) is 19.6 Å². The van der Waals surface area contributed by atoms with Crippen LogP contribution in [0.25, 0.3) is 0 Å². The van der Waals surface area contributed by atoms with Crippen molar-refractivity contribution in [2.45, 2.75) is 87.8 Å². The van der Waals surface area contributed by atoms with E-state index in [-0.39, 0.29) is 35.5 Å². The molecular formula is C29H43N3O4S. The number of hydrogen-bond donors (Lipinski definition) is 3.